The van der Waals surface area contributed by atoms with Crippen molar-refractivity contribution < 1.29 is 9.59 Å². The molecule has 1 aromatic heterocycles. The molecule has 23 heavy (non-hydrogen) atoms. The number of carbonyl (C=O) groups excluding carboxylic acids is 2. The summed E-state index contributed by atoms with van der Waals surface area (Å²) in [4.78, 5) is 30.0. The molecule has 1 unspecified atom stereocenters. The minimum atomic E-state index is -0.321. The second-order valence-electron chi connectivity index (χ2n) is 5.55. The average Bonchev–Trinajstić information content (AvgIpc) is 3.06. The third-order valence-electron chi connectivity index (χ3n) is 3.61. The number of nitrogens with one attached hydrogen (secondary N) is 2. The van der Waals surface area contributed by atoms with Crippen molar-refractivity contribution in [1.29, 1.82) is 0 Å². The first kappa shape index (κ1) is 15.5. The first-order valence-corrected chi connectivity index (χ1v) is 8.29. The van der Waals surface area contributed by atoms with Crippen molar-refractivity contribution in [3.05, 3.63) is 47.0 Å². The lowest BCUT2D eigenvalue weighted by Gasteiger charge is -2.17. The molecule has 0 saturated carbocycles. The maximum absolute atomic E-state index is 12.1. The number of likely N-dealkylation sites (tertiary alicyclic amines) is 1. The standard InChI is InChI=1S/C16H18N4O2S/c1-11-10-23-16(17-11)19-15(22)18-13-7-14(21)20(9-13)8-12-5-3-2-4-6-12/h2-6,10,13H,7-9H2,1H3,(H2,17,18,19,22). The highest BCUT2D eigenvalue weighted by molar-refractivity contribution is 7.13. The van der Waals surface area contributed by atoms with E-state index in [2.05, 4.69) is 15.6 Å². The molecular weight excluding hydrogens is 312 g/mol. The minimum absolute atomic E-state index is 0.0595. The van der Waals surface area contributed by atoms with Gasteiger partial charge in [0.05, 0.1) is 11.7 Å². The first-order chi connectivity index (χ1) is 11.1. The molecule has 1 saturated heterocycles. The second-order valence-corrected chi connectivity index (χ2v) is 6.41. The van der Waals surface area contributed by atoms with Gasteiger partial charge in [0.1, 0.15) is 0 Å². The Labute approximate surface area is 138 Å². The molecule has 1 aliphatic heterocycles. The summed E-state index contributed by atoms with van der Waals surface area (Å²) < 4.78 is 0. The lowest BCUT2D eigenvalue weighted by molar-refractivity contribution is -0.128. The lowest BCUT2D eigenvalue weighted by atomic mass is 10.2. The number of nitrogens with zero attached hydrogens (tertiary/aromatic N) is 2. The van der Waals surface area contributed by atoms with E-state index in [1.165, 1.54) is 11.3 Å². The molecule has 6 nitrogen and oxygen atoms in total. The third-order valence-corrected chi connectivity index (χ3v) is 4.48. The van der Waals surface area contributed by atoms with Gasteiger partial charge in [-0.2, -0.15) is 0 Å². The average molecular weight is 330 g/mol. The second kappa shape index (κ2) is 6.78. The maximum atomic E-state index is 12.1. The van der Waals surface area contributed by atoms with Crippen LogP contribution in [0.1, 0.15) is 17.7 Å². The van der Waals surface area contributed by atoms with Crippen LogP contribution >= 0.6 is 11.3 Å². The van der Waals surface area contributed by atoms with Gasteiger partial charge in [-0.3, -0.25) is 10.1 Å². The van der Waals surface area contributed by atoms with Crippen molar-refractivity contribution in [2.75, 3.05) is 11.9 Å². The smallest absolute Gasteiger partial charge is 0.321 e. The first-order valence-electron chi connectivity index (χ1n) is 7.41. The maximum Gasteiger partial charge on any atom is 0.321 e. The number of rotatable bonds is 4. The molecule has 0 bridgehead atoms. The van der Waals surface area contributed by atoms with E-state index in [1.807, 2.05) is 42.6 Å². The van der Waals surface area contributed by atoms with E-state index in [1.54, 1.807) is 4.90 Å². The molecule has 2 aromatic rings. The number of aromatic nitrogens is 1. The molecule has 120 valence electrons. The molecule has 3 amide bonds. The van der Waals surface area contributed by atoms with Gasteiger partial charge in [0.25, 0.3) is 0 Å². The van der Waals surface area contributed by atoms with Gasteiger partial charge in [-0.15, -0.1) is 11.3 Å². The number of carbonyl (C=O) groups is 2. The fraction of sp³-hybridized carbons (Fsp3) is 0.312. The van der Waals surface area contributed by atoms with Gasteiger partial charge >= 0.3 is 6.03 Å². The SMILES string of the molecule is Cc1csc(NC(=O)NC2CC(=O)N(Cc3ccccc3)C2)n1. The van der Waals surface area contributed by atoms with Crippen LogP contribution in [0.15, 0.2) is 35.7 Å². The van der Waals surface area contributed by atoms with Crippen LogP contribution in [0.5, 0.6) is 0 Å². The Hall–Kier alpha value is -2.41. The van der Waals surface area contributed by atoms with Crippen LogP contribution in [-0.2, 0) is 11.3 Å². The van der Waals surface area contributed by atoms with E-state index in [0.717, 1.165) is 11.3 Å². The number of hydrogen-bond acceptors (Lipinski definition) is 4. The van der Waals surface area contributed by atoms with Crippen molar-refractivity contribution in [2.45, 2.75) is 25.9 Å². The van der Waals surface area contributed by atoms with Crippen LogP contribution in [0.4, 0.5) is 9.93 Å². The van der Waals surface area contributed by atoms with Crippen molar-refractivity contribution in [2.24, 2.45) is 0 Å². The number of thiazole rings is 1. The van der Waals surface area contributed by atoms with Crippen LogP contribution in [0.25, 0.3) is 0 Å². The van der Waals surface area contributed by atoms with E-state index in [-0.39, 0.29) is 18.0 Å². The van der Waals surface area contributed by atoms with E-state index in [4.69, 9.17) is 0 Å². The van der Waals surface area contributed by atoms with Crippen LogP contribution in [-0.4, -0.2) is 34.4 Å². The summed E-state index contributed by atoms with van der Waals surface area (Å²) in [7, 11) is 0. The van der Waals surface area contributed by atoms with Crippen LogP contribution < -0.4 is 10.6 Å². The molecule has 0 radical (unpaired) electrons. The van der Waals surface area contributed by atoms with Gasteiger partial charge < -0.3 is 10.2 Å². The number of anilines is 1. The highest BCUT2D eigenvalue weighted by Gasteiger charge is 2.30. The minimum Gasteiger partial charge on any atom is -0.336 e. The van der Waals surface area contributed by atoms with Gasteiger partial charge in [-0.1, -0.05) is 30.3 Å². The third kappa shape index (κ3) is 4.07. The molecule has 2 heterocycles. The van der Waals surface area contributed by atoms with Crippen molar-refractivity contribution in [1.82, 2.24) is 15.2 Å². The Bertz CT molecular complexity index is 701. The van der Waals surface area contributed by atoms with Gasteiger partial charge in [-0.05, 0) is 12.5 Å². The van der Waals surface area contributed by atoms with Crippen molar-refractivity contribution >= 4 is 28.4 Å². The monoisotopic (exact) mass is 330 g/mol. The molecule has 7 heteroatoms. The molecule has 3 rings (SSSR count). The molecule has 2 N–H and O–H groups in total. The Balaban J connectivity index is 1.52. The summed E-state index contributed by atoms with van der Waals surface area (Å²) in [5.74, 6) is 0.0595. The normalized spacial score (nSPS) is 17.3. The van der Waals surface area contributed by atoms with E-state index in [9.17, 15) is 9.59 Å². The number of urea groups is 1. The van der Waals surface area contributed by atoms with Gasteiger partial charge in [0.15, 0.2) is 5.13 Å². The Morgan fingerprint density at radius 2 is 2.17 bits per heavy atom. The zero-order valence-electron chi connectivity index (χ0n) is 12.8. The van der Waals surface area contributed by atoms with Gasteiger partial charge in [-0.25, -0.2) is 9.78 Å². The predicted molar refractivity (Wildman–Crippen MR) is 89.3 cm³/mol. The van der Waals surface area contributed by atoms with Crippen molar-refractivity contribution in [3.8, 4) is 0 Å². The topological polar surface area (TPSA) is 74.3 Å². The highest BCUT2D eigenvalue weighted by atomic mass is 32.1. The molecule has 0 aliphatic carbocycles. The molecule has 1 aliphatic rings. The molecule has 1 fully saturated rings. The lowest BCUT2D eigenvalue weighted by Crippen LogP contribution is -2.39. The highest BCUT2D eigenvalue weighted by Crippen LogP contribution is 2.16. The van der Waals surface area contributed by atoms with Gasteiger partial charge in [0.2, 0.25) is 5.91 Å². The number of aryl methyl sites for hydroxylation is 1. The fourth-order valence-electron chi connectivity index (χ4n) is 2.56. The summed E-state index contributed by atoms with van der Waals surface area (Å²) in [6, 6.07) is 9.34. The fourth-order valence-corrected chi connectivity index (χ4v) is 3.24. The summed E-state index contributed by atoms with van der Waals surface area (Å²) in [6.07, 6.45) is 0.331. The van der Waals surface area contributed by atoms with Crippen LogP contribution in [0, 0.1) is 6.92 Å². The largest absolute Gasteiger partial charge is 0.336 e. The van der Waals surface area contributed by atoms with E-state index < -0.39 is 0 Å². The zero-order valence-corrected chi connectivity index (χ0v) is 13.6. The summed E-state index contributed by atoms with van der Waals surface area (Å²) >= 11 is 1.38. The Morgan fingerprint density at radius 1 is 1.39 bits per heavy atom. The quantitative estimate of drug-likeness (QED) is 0.904. The van der Waals surface area contributed by atoms with E-state index >= 15 is 0 Å². The predicted octanol–water partition coefficient (Wildman–Crippen LogP) is 2.37. The van der Waals surface area contributed by atoms with Crippen molar-refractivity contribution in [3.63, 3.8) is 0 Å². The Kier molecular flexibility index (Phi) is 4.57. The zero-order chi connectivity index (χ0) is 16.2. The summed E-state index contributed by atoms with van der Waals surface area (Å²) in [6.45, 7) is 2.97. The number of benzene rings is 1. The van der Waals surface area contributed by atoms with Crippen LogP contribution in [0.2, 0.25) is 0 Å². The summed E-state index contributed by atoms with van der Waals surface area (Å²) in [5, 5.41) is 7.97. The Morgan fingerprint density at radius 3 is 2.87 bits per heavy atom. The van der Waals surface area contributed by atoms with Crippen LogP contribution in [0.3, 0.4) is 0 Å². The summed E-state index contributed by atoms with van der Waals surface area (Å²) in [5.41, 5.74) is 1.96. The molecule has 0 spiro atoms. The van der Waals surface area contributed by atoms with E-state index in [0.29, 0.717) is 24.6 Å². The molecular formula is C16H18N4O2S. The number of amides is 3. The number of hydrogen-bond donors (Lipinski definition) is 2. The molecule has 1 atom stereocenters. The van der Waals surface area contributed by atoms with Gasteiger partial charge in [0, 0.05) is 24.9 Å². The molecule has 1 aromatic carbocycles.